The Kier molecular flexibility index (Phi) is 4.49. The average molecular weight is 401 g/mol. The Labute approximate surface area is 170 Å². The van der Waals surface area contributed by atoms with E-state index in [1.807, 2.05) is 6.92 Å². The highest BCUT2D eigenvalue weighted by Gasteiger charge is 2.62. The number of hydrogen-bond acceptors (Lipinski definition) is 4. The number of aromatic amines is 1. The van der Waals surface area contributed by atoms with Crippen LogP contribution in [0.3, 0.4) is 0 Å². The molecule has 4 saturated carbocycles. The third-order valence-corrected chi connectivity index (χ3v) is 8.30. The van der Waals surface area contributed by atoms with E-state index in [-0.39, 0.29) is 23.3 Å². The van der Waals surface area contributed by atoms with Gasteiger partial charge in [0.25, 0.3) is 5.56 Å². The number of rotatable bonds is 7. The highest BCUT2D eigenvalue weighted by Crippen LogP contribution is 2.67. The number of aryl methyl sites for hydroxylation is 1. The van der Waals surface area contributed by atoms with Gasteiger partial charge in [-0.1, -0.05) is 20.3 Å². The third kappa shape index (κ3) is 2.62. The predicted octanol–water partition coefficient (Wildman–Crippen LogP) is 2.39. The molecule has 2 aromatic rings. The van der Waals surface area contributed by atoms with Crippen molar-refractivity contribution in [2.75, 3.05) is 6.61 Å². The summed E-state index contributed by atoms with van der Waals surface area (Å²) in [4.78, 5) is 34.6. The van der Waals surface area contributed by atoms with Gasteiger partial charge in [-0.05, 0) is 62.2 Å². The van der Waals surface area contributed by atoms with Crippen LogP contribution in [0.1, 0.15) is 64.6 Å². The van der Waals surface area contributed by atoms with Gasteiger partial charge in [-0.3, -0.25) is 13.9 Å². The van der Waals surface area contributed by atoms with Crippen LogP contribution in [0.2, 0.25) is 0 Å². The largest absolute Gasteiger partial charge is 0.396 e. The summed E-state index contributed by atoms with van der Waals surface area (Å²) in [6.07, 6.45) is 7.02. The Morgan fingerprint density at radius 1 is 1.14 bits per heavy atom. The Balaban J connectivity index is 1.66. The Morgan fingerprint density at radius 2 is 1.83 bits per heavy atom. The SMILES string of the molecule is CCCCn1c(=O)c2[nH]c(C34C[C@H]5CC3C[C@H](C4)C5C)nc2n(CCCO)c1=O. The highest BCUT2D eigenvalue weighted by molar-refractivity contribution is 5.70. The lowest BCUT2D eigenvalue weighted by Crippen LogP contribution is -2.40. The van der Waals surface area contributed by atoms with Crippen molar-refractivity contribution in [2.24, 2.45) is 23.7 Å². The van der Waals surface area contributed by atoms with E-state index in [4.69, 9.17) is 4.98 Å². The number of aromatic nitrogens is 4. The first kappa shape index (κ1) is 19.1. The van der Waals surface area contributed by atoms with Crippen LogP contribution in [-0.4, -0.2) is 30.8 Å². The van der Waals surface area contributed by atoms with Crippen molar-refractivity contribution in [3.63, 3.8) is 0 Å². The number of aliphatic hydroxyl groups excluding tert-OH is 1. The minimum atomic E-state index is -0.300. The maximum Gasteiger partial charge on any atom is 0.332 e. The third-order valence-electron chi connectivity index (χ3n) is 8.30. The van der Waals surface area contributed by atoms with Crippen LogP contribution in [-0.2, 0) is 18.5 Å². The maximum absolute atomic E-state index is 13.2. The van der Waals surface area contributed by atoms with Gasteiger partial charge in [0.05, 0.1) is 0 Å². The number of H-pyrrole nitrogens is 1. The van der Waals surface area contributed by atoms with E-state index in [1.165, 1.54) is 17.4 Å². The van der Waals surface area contributed by atoms with E-state index in [0.717, 1.165) is 49.3 Å². The summed E-state index contributed by atoms with van der Waals surface area (Å²) in [7, 11) is 0. The van der Waals surface area contributed by atoms with E-state index >= 15 is 0 Å². The molecule has 158 valence electrons. The van der Waals surface area contributed by atoms with Gasteiger partial charge >= 0.3 is 5.69 Å². The Hall–Kier alpha value is -1.89. The van der Waals surface area contributed by atoms with Crippen LogP contribution >= 0.6 is 0 Å². The fraction of sp³-hybridized carbons (Fsp3) is 0.773. The number of unbranched alkanes of at least 4 members (excludes halogenated alkanes) is 1. The molecule has 2 aromatic heterocycles. The number of fused-ring (bicyclic) bond motifs is 1. The number of aliphatic hydroxyl groups is 1. The summed E-state index contributed by atoms with van der Waals surface area (Å²) in [5.74, 6) is 3.89. The van der Waals surface area contributed by atoms with Crippen LogP contribution in [0.5, 0.6) is 0 Å². The Bertz CT molecular complexity index is 1030. The lowest BCUT2D eigenvalue weighted by Gasteiger charge is -2.35. The van der Waals surface area contributed by atoms with Crippen molar-refractivity contribution < 1.29 is 5.11 Å². The molecule has 0 unspecified atom stereocenters. The first-order valence-electron chi connectivity index (χ1n) is 11.3. The van der Waals surface area contributed by atoms with Gasteiger partial charge in [-0.2, -0.15) is 0 Å². The summed E-state index contributed by atoms with van der Waals surface area (Å²) < 4.78 is 2.95. The second-order valence-electron chi connectivity index (χ2n) is 9.72. The second-order valence-corrected chi connectivity index (χ2v) is 9.72. The molecule has 0 saturated heterocycles. The molecule has 6 rings (SSSR count). The molecular formula is C22H32N4O3. The molecule has 4 fully saturated rings. The molecule has 29 heavy (non-hydrogen) atoms. The van der Waals surface area contributed by atoms with Crippen molar-refractivity contribution in [3.8, 4) is 0 Å². The van der Waals surface area contributed by atoms with E-state index in [0.29, 0.717) is 36.6 Å². The molecule has 4 aliphatic rings. The van der Waals surface area contributed by atoms with Gasteiger partial charge in [0.2, 0.25) is 0 Å². The van der Waals surface area contributed by atoms with Crippen LogP contribution in [0.25, 0.3) is 11.2 Å². The fourth-order valence-electron chi connectivity index (χ4n) is 6.72. The maximum atomic E-state index is 13.2. The molecule has 0 radical (unpaired) electrons. The predicted molar refractivity (Wildman–Crippen MR) is 111 cm³/mol. The van der Waals surface area contributed by atoms with Crippen LogP contribution in [0.4, 0.5) is 0 Å². The molecule has 0 amide bonds. The molecule has 0 aliphatic heterocycles. The number of nitrogens with one attached hydrogen (secondary N) is 1. The van der Waals surface area contributed by atoms with Crippen LogP contribution < -0.4 is 11.2 Å². The van der Waals surface area contributed by atoms with Crippen LogP contribution in [0.15, 0.2) is 9.59 Å². The molecule has 7 heteroatoms. The minimum Gasteiger partial charge on any atom is -0.396 e. The van der Waals surface area contributed by atoms with Gasteiger partial charge in [0.15, 0.2) is 5.65 Å². The summed E-state index contributed by atoms with van der Waals surface area (Å²) >= 11 is 0. The molecule has 0 spiro atoms. The lowest BCUT2D eigenvalue weighted by molar-refractivity contribution is 0.166. The van der Waals surface area contributed by atoms with Crippen molar-refractivity contribution in [2.45, 2.75) is 77.3 Å². The van der Waals surface area contributed by atoms with Crippen molar-refractivity contribution in [1.29, 1.82) is 0 Å². The number of hydrogen-bond donors (Lipinski definition) is 2. The summed E-state index contributed by atoms with van der Waals surface area (Å²) in [6, 6.07) is 0. The zero-order valence-electron chi connectivity index (χ0n) is 17.5. The molecule has 4 bridgehead atoms. The quantitative estimate of drug-likeness (QED) is 0.746. The van der Waals surface area contributed by atoms with Gasteiger partial charge < -0.3 is 10.1 Å². The molecule has 2 atom stereocenters. The first-order valence-corrected chi connectivity index (χ1v) is 11.3. The highest BCUT2D eigenvalue weighted by atomic mass is 16.3. The van der Waals surface area contributed by atoms with Crippen molar-refractivity contribution in [1.82, 2.24) is 19.1 Å². The summed E-state index contributed by atoms with van der Waals surface area (Å²) in [5, 5.41) is 9.30. The van der Waals surface area contributed by atoms with Crippen molar-refractivity contribution >= 4 is 11.2 Å². The van der Waals surface area contributed by atoms with E-state index in [9.17, 15) is 14.7 Å². The van der Waals surface area contributed by atoms with Gasteiger partial charge in [-0.25, -0.2) is 9.78 Å². The summed E-state index contributed by atoms with van der Waals surface area (Å²) in [6.45, 7) is 5.26. The molecule has 2 heterocycles. The number of nitrogens with zero attached hydrogens (tertiary/aromatic N) is 3. The smallest absolute Gasteiger partial charge is 0.332 e. The van der Waals surface area contributed by atoms with E-state index in [1.54, 1.807) is 4.57 Å². The van der Waals surface area contributed by atoms with Crippen LogP contribution in [0, 0.1) is 23.7 Å². The lowest BCUT2D eigenvalue weighted by atomic mass is 9.70. The molecule has 4 aliphatic carbocycles. The summed E-state index contributed by atoms with van der Waals surface area (Å²) in [5.41, 5.74) is 0.442. The minimum absolute atomic E-state index is 0.00651. The second kappa shape index (κ2) is 6.83. The van der Waals surface area contributed by atoms with Crippen molar-refractivity contribution in [3.05, 3.63) is 26.7 Å². The van der Waals surface area contributed by atoms with Gasteiger partial charge in [0, 0.05) is 25.1 Å². The molecule has 2 N–H and O–H groups in total. The monoisotopic (exact) mass is 400 g/mol. The fourth-order valence-corrected chi connectivity index (χ4v) is 6.72. The first-order chi connectivity index (χ1) is 14.0. The normalized spacial score (nSPS) is 32.7. The van der Waals surface area contributed by atoms with E-state index in [2.05, 4.69) is 11.9 Å². The number of imidazole rings is 1. The zero-order valence-corrected chi connectivity index (χ0v) is 17.5. The Morgan fingerprint density at radius 3 is 2.48 bits per heavy atom. The van der Waals surface area contributed by atoms with Gasteiger partial charge in [-0.15, -0.1) is 0 Å². The molecular weight excluding hydrogens is 368 g/mol. The standard InChI is InChI=1S/C22H32N4O3/c1-3-4-6-26-19(28)17-18(25(21(26)29)7-5-8-27)24-20(23-17)22-11-14-9-16(22)10-15(12-22)13(14)2/h13-16,27H,3-12H2,1-2H3,(H,23,24)/t13?,14-,15-,16?,22?/m1/s1. The van der Waals surface area contributed by atoms with E-state index < -0.39 is 0 Å². The van der Waals surface area contributed by atoms with Gasteiger partial charge in [0.1, 0.15) is 11.3 Å². The molecule has 7 nitrogen and oxygen atoms in total. The molecule has 0 aromatic carbocycles. The topological polar surface area (TPSA) is 92.9 Å². The zero-order chi connectivity index (χ0) is 20.3. The average Bonchev–Trinajstić information content (AvgIpc) is 3.35.